The Kier molecular flexibility index (Phi) is 5.49. The summed E-state index contributed by atoms with van der Waals surface area (Å²) in [5.41, 5.74) is 2.30. The number of hydrogen-bond acceptors (Lipinski definition) is 2. The number of alkyl carbamates (subject to hydrolysis) is 1. The molecule has 0 radical (unpaired) electrons. The zero-order valence-corrected chi connectivity index (χ0v) is 21.5. The van der Waals surface area contributed by atoms with Crippen LogP contribution in [0.5, 0.6) is 0 Å². The van der Waals surface area contributed by atoms with Crippen molar-refractivity contribution < 1.29 is 9.53 Å². The molecule has 4 saturated carbocycles. The summed E-state index contributed by atoms with van der Waals surface area (Å²) in [7, 11) is 0. The predicted molar refractivity (Wildman–Crippen MR) is 149 cm³/mol. The fourth-order valence-electron chi connectivity index (χ4n) is 8.46. The molecular weight excluding hydrogens is 454 g/mol. The summed E-state index contributed by atoms with van der Waals surface area (Å²) in [6.45, 7) is 2.03. The average Bonchev–Trinajstić information content (AvgIpc) is 2.90. The minimum atomic E-state index is -0.311. The Hall–Kier alpha value is -3.33. The van der Waals surface area contributed by atoms with Crippen LogP contribution in [0.3, 0.4) is 0 Å². The van der Waals surface area contributed by atoms with Gasteiger partial charge in [0.05, 0.1) is 6.04 Å². The summed E-state index contributed by atoms with van der Waals surface area (Å²) in [6.07, 6.45) is 7.01. The lowest BCUT2D eigenvalue weighted by molar-refractivity contribution is -0.123. The average molecular weight is 490 g/mol. The first-order valence-corrected chi connectivity index (χ1v) is 14.0. The summed E-state index contributed by atoms with van der Waals surface area (Å²) in [4.78, 5) is 13.6. The second kappa shape index (κ2) is 8.90. The van der Waals surface area contributed by atoms with Gasteiger partial charge < -0.3 is 10.1 Å². The highest BCUT2D eigenvalue weighted by Gasteiger charge is 2.56. The van der Waals surface area contributed by atoms with Crippen molar-refractivity contribution in [3.05, 3.63) is 96.1 Å². The highest BCUT2D eigenvalue weighted by atomic mass is 16.6. The molecule has 4 fully saturated rings. The molecule has 4 aliphatic rings. The number of carbonyl (C=O) groups excluding carboxylic acids is 1. The molecule has 0 saturated heterocycles. The maximum absolute atomic E-state index is 13.6. The summed E-state index contributed by atoms with van der Waals surface area (Å²) >= 11 is 0. The topological polar surface area (TPSA) is 38.3 Å². The third-order valence-corrected chi connectivity index (χ3v) is 9.58. The minimum Gasteiger partial charge on any atom is -0.441 e. The Morgan fingerprint density at radius 2 is 1.30 bits per heavy atom. The molecule has 37 heavy (non-hydrogen) atoms. The highest BCUT2D eigenvalue weighted by Crippen LogP contribution is 2.65. The highest BCUT2D eigenvalue weighted by molar-refractivity contribution is 6.02. The van der Waals surface area contributed by atoms with Crippen LogP contribution in [-0.4, -0.2) is 6.09 Å². The lowest BCUT2D eigenvalue weighted by Crippen LogP contribution is -2.50. The van der Waals surface area contributed by atoms with Crippen molar-refractivity contribution in [2.75, 3.05) is 0 Å². The fraction of sp³-hybridized carbons (Fsp3) is 0.382. The molecule has 1 N–H and O–H groups in total. The lowest BCUT2D eigenvalue weighted by Gasteiger charge is -2.59. The van der Waals surface area contributed by atoms with Crippen molar-refractivity contribution in [3.8, 4) is 0 Å². The number of fused-ring (bicyclic) bond motifs is 2. The van der Waals surface area contributed by atoms with Gasteiger partial charge in [-0.3, -0.25) is 0 Å². The van der Waals surface area contributed by atoms with E-state index in [9.17, 15) is 4.79 Å². The van der Waals surface area contributed by atoms with E-state index in [1.54, 1.807) is 0 Å². The van der Waals surface area contributed by atoms with Crippen molar-refractivity contribution in [2.24, 2.45) is 23.2 Å². The van der Waals surface area contributed by atoms with Gasteiger partial charge in [-0.25, -0.2) is 4.79 Å². The molecule has 4 bridgehead atoms. The maximum atomic E-state index is 13.6. The van der Waals surface area contributed by atoms with Gasteiger partial charge in [0, 0.05) is 11.0 Å². The zero-order chi connectivity index (χ0) is 25.0. The fourth-order valence-corrected chi connectivity index (χ4v) is 8.46. The second-order valence-corrected chi connectivity index (χ2v) is 12.1. The molecule has 188 valence electrons. The molecule has 2 atom stereocenters. The zero-order valence-electron chi connectivity index (χ0n) is 21.5. The Morgan fingerprint density at radius 3 is 1.86 bits per heavy atom. The number of rotatable bonds is 5. The maximum Gasteiger partial charge on any atom is 0.408 e. The molecule has 0 aromatic heterocycles. The molecule has 0 unspecified atom stereocenters. The SMILES string of the molecule is C[C@@H](NC(=O)O[C@H](c1c2ccccc2cc2ccccc12)C12CC3CC(CC(C3)C1)C2)c1ccccc1. The van der Waals surface area contributed by atoms with Gasteiger partial charge in [-0.1, -0.05) is 78.9 Å². The van der Waals surface area contributed by atoms with Gasteiger partial charge in [-0.05, 0) is 96.4 Å². The Labute approximate surface area is 219 Å². The van der Waals surface area contributed by atoms with Gasteiger partial charge in [0.15, 0.2) is 0 Å². The first-order chi connectivity index (χ1) is 18.1. The van der Waals surface area contributed by atoms with Crippen LogP contribution >= 0.6 is 0 Å². The normalized spacial score (nSPS) is 27.8. The molecule has 3 nitrogen and oxygen atoms in total. The van der Waals surface area contributed by atoms with Gasteiger partial charge in [-0.15, -0.1) is 0 Å². The van der Waals surface area contributed by atoms with Crippen molar-refractivity contribution in [1.29, 1.82) is 0 Å². The van der Waals surface area contributed by atoms with Crippen LogP contribution in [-0.2, 0) is 4.74 Å². The number of nitrogens with one attached hydrogen (secondary N) is 1. The van der Waals surface area contributed by atoms with E-state index in [2.05, 4.69) is 72.0 Å². The van der Waals surface area contributed by atoms with Crippen LogP contribution < -0.4 is 5.32 Å². The van der Waals surface area contributed by atoms with Gasteiger partial charge in [0.2, 0.25) is 0 Å². The molecule has 4 aromatic carbocycles. The van der Waals surface area contributed by atoms with E-state index in [-0.39, 0.29) is 23.7 Å². The Morgan fingerprint density at radius 1 is 0.784 bits per heavy atom. The standard InChI is InChI=1S/C34H35NO2/c1-22(26-9-3-2-4-10-26)35-33(36)37-32(34-19-23-15-24(20-34)17-25(16-23)21-34)31-29-13-7-5-11-27(29)18-28-12-6-8-14-30(28)31/h2-14,18,22-25,32H,15-17,19-21H2,1H3,(H,35,36)/t22-,23?,24?,25?,32-,34?/m1/s1. The van der Waals surface area contributed by atoms with Gasteiger partial charge in [-0.2, -0.15) is 0 Å². The van der Waals surface area contributed by atoms with Crippen LogP contribution in [0.25, 0.3) is 21.5 Å². The number of hydrogen-bond donors (Lipinski definition) is 1. The van der Waals surface area contributed by atoms with E-state index in [1.165, 1.54) is 65.6 Å². The van der Waals surface area contributed by atoms with Crippen molar-refractivity contribution in [2.45, 2.75) is 57.6 Å². The first kappa shape index (κ1) is 22.8. The molecule has 0 aliphatic heterocycles. The van der Waals surface area contributed by atoms with Crippen LogP contribution in [0, 0.1) is 23.2 Å². The molecule has 3 heteroatoms. The molecular formula is C34H35NO2. The first-order valence-electron chi connectivity index (χ1n) is 14.0. The summed E-state index contributed by atoms with van der Waals surface area (Å²) in [5, 5.41) is 8.02. The minimum absolute atomic E-state index is 0.00890. The molecule has 1 amide bonds. The van der Waals surface area contributed by atoms with E-state index in [4.69, 9.17) is 4.74 Å². The van der Waals surface area contributed by atoms with Crippen molar-refractivity contribution >= 4 is 27.6 Å². The van der Waals surface area contributed by atoms with Crippen LogP contribution in [0.2, 0.25) is 0 Å². The van der Waals surface area contributed by atoms with E-state index < -0.39 is 0 Å². The molecule has 4 aliphatic carbocycles. The van der Waals surface area contributed by atoms with Crippen LogP contribution in [0.1, 0.15) is 68.7 Å². The largest absolute Gasteiger partial charge is 0.441 e. The predicted octanol–water partition coefficient (Wildman–Crippen LogP) is 8.74. The van der Waals surface area contributed by atoms with Crippen LogP contribution in [0.15, 0.2) is 84.9 Å². The monoisotopic (exact) mass is 489 g/mol. The van der Waals surface area contributed by atoms with Crippen LogP contribution in [0.4, 0.5) is 4.79 Å². The number of ether oxygens (including phenoxy) is 1. The van der Waals surface area contributed by atoms with Crippen molar-refractivity contribution in [3.63, 3.8) is 0 Å². The van der Waals surface area contributed by atoms with E-state index in [0.717, 1.165) is 23.3 Å². The lowest BCUT2D eigenvalue weighted by atomic mass is 9.47. The summed E-state index contributed by atoms with van der Waals surface area (Å²) < 4.78 is 6.68. The summed E-state index contributed by atoms with van der Waals surface area (Å²) in [5.74, 6) is 2.31. The van der Waals surface area contributed by atoms with E-state index >= 15 is 0 Å². The van der Waals surface area contributed by atoms with Gasteiger partial charge in [0.25, 0.3) is 0 Å². The third-order valence-electron chi connectivity index (χ3n) is 9.58. The molecule has 0 spiro atoms. The molecule has 8 rings (SSSR count). The number of benzene rings is 4. The van der Waals surface area contributed by atoms with Crippen molar-refractivity contribution in [1.82, 2.24) is 5.32 Å². The quantitative estimate of drug-likeness (QED) is 0.285. The third kappa shape index (κ3) is 4.00. The number of carbonyl (C=O) groups is 1. The molecule has 4 aromatic rings. The number of amides is 1. The smallest absolute Gasteiger partial charge is 0.408 e. The van der Waals surface area contributed by atoms with E-state index in [0.29, 0.717) is 0 Å². The summed E-state index contributed by atoms with van der Waals surface area (Å²) in [6, 6.07) is 29.6. The van der Waals surface area contributed by atoms with E-state index in [1.807, 2.05) is 25.1 Å². The van der Waals surface area contributed by atoms with Gasteiger partial charge in [0.1, 0.15) is 6.10 Å². The second-order valence-electron chi connectivity index (χ2n) is 12.1. The Balaban J connectivity index is 1.35. The molecule has 0 heterocycles. The Bertz CT molecular complexity index is 1370. The van der Waals surface area contributed by atoms with Gasteiger partial charge >= 0.3 is 6.09 Å².